The number of aliphatic hydroxyl groups excluding tert-OH is 1. The van der Waals surface area contributed by atoms with Crippen LogP contribution < -0.4 is 4.90 Å². The molecule has 6 rings (SSSR count). The largest absolute Gasteiger partial charge is 0.508 e. The summed E-state index contributed by atoms with van der Waals surface area (Å²) in [6.45, 7) is 0. The van der Waals surface area contributed by atoms with Gasteiger partial charge in [0.25, 0.3) is 0 Å². The van der Waals surface area contributed by atoms with Gasteiger partial charge in [-0.05, 0) is 83.1 Å². The number of cyclic esters (lactones) is 1. The van der Waals surface area contributed by atoms with E-state index in [2.05, 4.69) is 0 Å². The summed E-state index contributed by atoms with van der Waals surface area (Å²) in [6, 6.07) is 34.4. The minimum atomic E-state index is -0.888. The Kier molecular flexibility index (Phi) is 7.81. The van der Waals surface area contributed by atoms with Gasteiger partial charge in [-0.3, -0.25) is 4.90 Å². The van der Waals surface area contributed by atoms with E-state index in [0.29, 0.717) is 28.8 Å². The predicted molar refractivity (Wildman–Crippen MR) is 163 cm³/mol. The van der Waals surface area contributed by atoms with Crippen molar-refractivity contribution in [1.29, 1.82) is 0 Å². The number of ether oxygens (including phenoxy) is 1. The topological polar surface area (TPSA) is 90.2 Å². The number of nitrogens with zero attached hydrogens (tertiary/aromatic N) is 1. The first-order valence-electron chi connectivity index (χ1n) is 14.1. The quantitative estimate of drug-likeness (QED) is 0.174. The number of amides is 1. The molecule has 5 aromatic carbocycles. The monoisotopic (exact) mass is 575 g/mol. The average Bonchev–Trinajstić information content (AvgIpc) is 3.36. The number of phenolic OH excluding ortho intramolecular Hbond substituents is 2. The van der Waals surface area contributed by atoms with E-state index in [1.807, 2.05) is 66.7 Å². The molecule has 6 nitrogen and oxygen atoms in total. The predicted octanol–water partition coefficient (Wildman–Crippen LogP) is 8.15. The molecule has 1 saturated heterocycles. The zero-order valence-electron chi connectivity index (χ0n) is 23.2. The summed E-state index contributed by atoms with van der Waals surface area (Å²) in [5.41, 5.74) is 5.12. The molecule has 1 fully saturated rings. The molecule has 3 atom stereocenters. The van der Waals surface area contributed by atoms with Crippen LogP contribution in [-0.4, -0.2) is 27.5 Å². The van der Waals surface area contributed by atoms with Crippen molar-refractivity contribution in [2.45, 2.75) is 31.1 Å². The van der Waals surface area contributed by atoms with E-state index in [-0.39, 0.29) is 23.7 Å². The summed E-state index contributed by atoms with van der Waals surface area (Å²) in [7, 11) is 0. The highest BCUT2D eigenvalue weighted by molar-refractivity contribution is 5.92. The fraction of sp³-hybridized carbons (Fsp3) is 0.139. The van der Waals surface area contributed by atoms with Crippen molar-refractivity contribution in [3.05, 3.63) is 138 Å². The number of halogens is 1. The van der Waals surface area contributed by atoms with Crippen molar-refractivity contribution in [2.75, 3.05) is 4.90 Å². The third kappa shape index (κ3) is 5.94. The van der Waals surface area contributed by atoms with Crippen LogP contribution in [0.15, 0.2) is 121 Å². The Bertz CT molecular complexity index is 1720. The molecule has 1 heterocycles. The average molecular weight is 576 g/mol. The molecule has 7 heteroatoms. The Labute approximate surface area is 248 Å². The molecule has 1 aliphatic heterocycles. The maximum atomic E-state index is 13.4. The van der Waals surface area contributed by atoms with E-state index in [1.165, 1.54) is 29.2 Å². The normalized spacial score (nSPS) is 17.1. The standard InChI is InChI=1S/C36H30FNO5/c37-28-14-9-25(10-15-28)32(40)19-20-34-35(31-18-13-27(22-33(31)41)26-7-4-8-30(39)21-26)38(36(42)43-34)29-16-11-24(12-17-29)23-5-2-1-3-6-23/h1-18,21-22,32,34-35,39-41H,19-20H2/t32-,34+,35+/m0/s1. The van der Waals surface area contributed by atoms with Gasteiger partial charge in [-0.1, -0.05) is 78.9 Å². The van der Waals surface area contributed by atoms with Crippen LogP contribution in [0.1, 0.15) is 36.1 Å². The fourth-order valence-electron chi connectivity index (χ4n) is 5.63. The molecule has 0 aromatic heterocycles. The number of carbonyl (C=O) groups excluding carboxylic acids is 1. The molecule has 0 saturated carbocycles. The molecule has 1 amide bonds. The number of aliphatic hydroxyl groups is 1. The van der Waals surface area contributed by atoms with Crippen LogP contribution >= 0.6 is 0 Å². The van der Waals surface area contributed by atoms with Gasteiger partial charge < -0.3 is 20.1 Å². The van der Waals surface area contributed by atoms with Crippen LogP contribution in [-0.2, 0) is 4.74 Å². The first kappa shape index (κ1) is 28.0. The second kappa shape index (κ2) is 12.0. The fourth-order valence-corrected chi connectivity index (χ4v) is 5.63. The Hall–Kier alpha value is -5.14. The Morgan fingerprint density at radius 3 is 2.09 bits per heavy atom. The summed E-state index contributed by atoms with van der Waals surface area (Å²) in [5, 5.41) is 32.0. The lowest BCUT2D eigenvalue weighted by molar-refractivity contribution is 0.100. The number of carbonyl (C=O) groups is 1. The maximum absolute atomic E-state index is 13.4. The van der Waals surface area contributed by atoms with Gasteiger partial charge in [0.2, 0.25) is 0 Å². The molecule has 1 aliphatic rings. The van der Waals surface area contributed by atoms with Crippen LogP contribution in [0.25, 0.3) is 22.3 Å². The molecule has 0 unspecified atom stereocenters. The van der Waals surface area contributed by atoms with E-state index in [9.17, 15) is 24.5 Å². The molecule has 5 aromatic rings. The summed E-state index contributed by atoms with van der Waals surface area (Å²) in [6.07, 6.45) is -1.59. The number of rotatable bonds is 8. The van der Waals surface area contributed by atoms with Crippen molar-refractivity contribution >= 4 is 11.8 Å². The van der Waals surface area contributed by atoms with Gasteiger partial charge in [0.05, 0.1) is 6.10 Å². The number of phenols is 2. The van der Waals surface area contributed by atoms with Crippen LogP contribution in [0, 0.1) is 5.82 Å². The van der Waals surface area contributed by atoms with Gasteiger partial charge in [0.15, 0.2) is 0 Å². The van der Waals surface area contributed by atoms with E-state index >= 15 is 0 Å². The number of aromatic hydroxyl groups is 2. The summed E-state index contributed by atoms with van der Waals surface area (Å²) in [5.74, 6) is -0.306. The van der Waals surface area contributed by atoms with Crippen molar-refractivity contribution in [3.8, 4) is 33.8 Å². The van der Waals surface area contributed by atoms with Gasteiger partial charge in [0, 0.05) is 11.3 Å². The van der Waals surface area contributed by atoms with Gasteiger partial charge in [-0.15, -0.1) is 0 Å². The molecule has 216 valence electrons. The number of hydrogen-bond acceptors (Lipinski definition) is 5. The SMILES string of the molecule is O=C1O[C@H](CC[C@H](O)c2ccc(F)cc2)[C@@H](c2ccc(-c3cccc(O)c3)cc2O)N1c1ccc(-c2ccccc2)cc1. The van der Waals surface area contributed by atoms with Crippen LogP contribution in [0.5, 0.6) is 11.5 Å². The molecular weight excluding hydrogens is 545 g/mol. The van der Waals surface area contributed by atoms with Crippen LogP contribution in [0.4, 0.5) is 14.9 Å². The summed E-state index contributed by atoms with van der Waals surface area (Å²) < 4.78 is 19.3. The molecule has 0 radical (unpaired) electrons. The highest BCUT2D eigenvalue weighted by atomic mass is 19.1. The molecule has 0 aliphatic carbocycles. The number of anilines is 1. The first-order chi connectivity index (χ1) is 20.9. The van der Waals surface area contributed by atoms with Crippen LogP contribution in [0.3, 0.4) is 0 Å². The van der Waals surface area contributed by atoms with Gasteiger partial charge >= 0.3 is 6.09 Å². The number of benzene rings is 5. The zero-order chi connectivity index (χ0) is 29.9. The van der Waals surface area contributed by atoms with Gasteiger partial charge in [-0.2, -0.15) is 0 Å². The molecular formula is C36H30FNO5. The third-order valence-electron chi connectivity index (χ3n) is 7.84. The second-order valence-corrected chi connectivity index (χ2v) is 10.6. The highest BCUT2D eigenvalue weighted by Crippen LogP contribution is 2.44. The summed E-state index contributed by atoms with van der Waals surface area (Å²) in [4.78, 5) is 14.9. The second-order valence-electron chi connectivity index (χ2n) is 10.6. The Morgan fingerprint density at radius 2 is 1.40 bits per heavy atom. The maximum Gasteiger partial charge on any atom is 0.415 e. The minimum absolute atomic E-state index is 0.0286. The highest BCUT2D eigenvalue weighted by Gasteiger charge is 2.44. The van der Waals surface area contributed by atoms with Gasteiger partial charge in [0.1, 0.15) is 29.5 Å². The number of hydrogen-bond donors (Lipinski definition) is 3. The van der Waals surface area contributed by atoms with E-state index < -0.39 is 24.3 Å². The lowest BCUT2D eigenvalue weighted by Crippen LogP contribution is -2.29. The zero-order valence-corrected chi connectivity index (χ0v) is 23.2. The molecule has 3 N–H and O–H groups in total. The lowest BCUT2D eigenvalue weighted by Gasteiger charge is -2.27. The van der Waals surface area contributed by atoms with Crippen LogP contribution in [0.2, 0.25) is 0 Å². The molecule has 0 spiro atoms. The molecule has 43 heavy (non-hydrogen) atoms. The van der Waals surface area contributed by atoms with E-state index in [0.717, 1.165) is 16.7 Å². The Balaban J connectivity index is 1.33. The van der Waals surface area contributed by atoms with Crippen molar-refractivity contribution in [2.24, 2.45) is 0 Å². The Morgan fingerprint density at radius 1 is 0.744 bits per heavy atom. The first-order valence-corrected chi connectivity index (χ1v) is 14.1. The van der Waals surface area contributed by atoms with Crippen molar-refractivity contribution < 1.29 is 29.2 Å². The smallest absolute Gasteiger partial charge is 0.415 e. The van der Waals surface area contributed by atoms with Crippen molar-refractivity contribution in [1.82, 2.24) is 0 Å². The minimum Gasteiger partial charge on any atom is -0.508 e. The summed E-state index contributed by atoms with van der Waals surface area (Å²) >= 11 is 0. The van der Waals surface area contributed by atoms with E-state index in [1.54, 1.807) is 30.3 Å². The van der Waals surface area contributed by atoms with E-state index in [4.69, 9.17) is 4.74 Å². The van der Waals surface area contributed by atoms with Crippen molar-refractivity contribution in [3.63, 3.8) is 0 Å². The lowest BCUT2D eigenvalue weighted by atomic mass is 9.92. The third-order valence-corrected chi connectivity index (χ3v) is 7.84. The van der Waals surface area contributed by atoms with Gasteiger partial charge in [-0.25, -0.2) is 9.18 Å². The molecule has 0 bridgehead atoms.